The summed E-state index contributed by atoms with van der Waals surface area (Å²) in [5, 5.41) is 3.26. The second-order valence-corrected chi connectivity index (χ2v) is 6.61. The van der Waals surface area contributed by atoms with Crippen molar-refractivity contribution < 1.29 is 13.2 Å². The molecule has 20 heavy (non-hydrogen) atoms. The molecule has 0 amide bonds. The molecule has 5 nitrogen and oxygen atoms in total. The summed E-state index contributed by atoms with van der Waals surface area (Å²) < 4.78 is 31.2. The molecule has 6 heteroatoms. The van der Waals surface area contributed by atoms with Crippen molar-refractivity contribution in [3.05, 3.63) is 23.8 Å². The van der Waals surface area contributed by atoms with Crippen LogP contribution in [0.5, 0.6) is 5.75 Å². The third kappa shape index (κ3) is 3.94. The van der Waals surface area contributed by atoms with Crippen LogP contribution in [0.15, 0.2) is 23.1 Å². The van der Waals surface area contributed by atoms with Gasteiger partial charge in [-0.3, -0.25) is 0 Å². The van der Waals surface area contributed by atoms with Crippen molar-refractivity contribution in [3.63, 3.8) is 0 Å². The van der Waals surface area contributed by atoms with Gasteiger partial charge in [0.2, 0.25) is 10.0 Å². The van der Waals surface area contributed by atoms with Crippen LogP contribution in [-0.4, -0.2) is 40.0 Å². The van der Waals surface area contributed by atoms with Crippen LogP contribution in [0.4, 0.5) is 0 Å². The number of rotatable bonds is 8. The fourth-order valence-electron chi connectivity index (χ4n) is 1.80. The SMILES string of the molecule is CCCNCc1cc(S(=O)(=O)N(C)CC)ccc1OC. The first-order valence-electron chi connectivity index (χ1n) is 6.81. The van der Waals surface area contributed by atoms with Crippen LogP contribution < -0.4 is 10.1 Å². The van der Waals surface area contributed by atoms with Crippen molar-refractivity contribution in [2.24, 2.45) is 0 Å². The van der Waals surface area contributed by atoms with Crippen LogP contribution in [-0.2, 0) is 16.6 Å². The van der Waals surface area contributed by atoms with E-state index in [1.54, 1.807) is 32.4 Å². The molecule has 0 unspecified atom stereocenters. The molecule has 114 valence electrons. The number of ether oxygens (including phenoxy) is 1. The Balaban J connectivity index is 3.09. The zero-order valence-electron chi connectivity index (χ0n) is 12.6. The number of nitrogens with zero attached hydrogens (tertiary/aromatic N) is 1. The number of hydrogen-bond acceptors (Lipinski definition) is 4. The standard InChI is InChI=1S/C14H24N2O3S/c1-5-9-15-11-12-10-13(7-8-14(12)19-4)20(17,18)16(3)6-2/h7-8,10,15H,5-6,9,11H2,1-4H3. The molecule has 1 aromatic carbocycles. The highest BCUT2D eigenvalue weighted by molar-refractivity contribution is 7.89. The van der Waals surface area contributed by atoms with Crippen LogP contribution in [0.1, 0.15) is 25.8 Å². The summed E-state index contributed by atoms with van der Waals surface area (Å²) in [6.07, 6.45) is 1.03. The van der Waals surface area contributed by atoms with E-state index >= 15 is 0 Å². The zero-order valence-corrected chi connectivity index (χ0v) is 13.5. The number of benzene rings is 1. The summed E-state index contributed by atoms with van der Waals surface area (Å²) in [4.78, 5) is 0.302. The lowest BCUT2D eigenvalue weighted by molar-refractivity contribution is 0.407. The molecule has 0 saturated carbocycles. The van der Waals surface area contributed by atoms with Gasteiger partial charge in [-0.2, -0.15) is 0 Å². The first-order chi connectivity index (χ1) is 9.47. The predicted octanol–water partition coefficient (Wildman–Crippen LogP) is 1.84. The third-order valence-electron chi connectivity index (χ3n) is 3.15. The van der Waals surface area contributed by atoms with Gasteiger partial charge in [0.15, 0.2) is 0 Å². The van der Waals surface area contributed by atoms with Crippen LogP contribution in [0.25, 0.3) is 0 Å². The average molecular weight is 300 g/mol. The lowest BCUT2D eigenvalue weighted by Crippen LogP contribution is -2.26. The maximum atomic E-state index is 12.3. The van der Waals surface area contributed by atoms with Gasteiger partial charge in [-0.05, 0) is 31.2 Å². The third-order valence-corrected chi connectivity index (χ3v) is 5.08. The first-order valence-corrected chi connectivity index (χ1v) is 8.25. The van der Waals surface area contributed by atoms with E-state index in [-0.39, 0.29) is 0 Å². The molecule has 0 bridgehead atoms. The molecule has 0 aliphatic rings. The van der Waals surface area contributed by atoms with E-state index < -0.39 is 10.0 Å². The van der Waals surface area contributed by atoms with Crippen molar-refractivity contribution in [3.8, 4) is 5.75 Å². The van der Waals surface area contributed by atoms with Crippen LogP contribution in [0, 0.1) is 0 Å². The molecule has 0 radical (unpaired) electrons. The van der Waals surface area contributed by atoms with Crippen LogP contribution >= 0.6 is 0 Å². The van der Waals surface area contributed by atoms with E-state index in [9.17, 15) is 8.42 Å². The summed E-state index contributed by atoms with van der Waals surface area (Å²) in [6.45, 7) is 5.81. The smallest absolute Gasteiger partial charge is 0.242 e. The van der Waals surface area contributed by atoms with Gasteiger partial charge in [0.05, 0.1) is 12.0 Å². The average Bonchev–Trinajstić information content (AvgIpc) is 2.46. The minimum absolute atomic E-state index is 0.302. The Hall–Kier alpha value is -1.11. The summed E-state index contributed by atoms with van der Waals surface area (Å²) in [6, 6.07) is 4.98. The predicted molar refractivity (Wildman–Crippen MR) is 80.5 cm³/mol. The largest absolute Gasteiger partial charge is 0.496 e. The Kier molecular flexibility index (Phi) is 6.45. The second-order valence-electron chi connectivity index (χ2n) is 4.57. The topological polar surface area (TPSA) is 58.6 Å². The number of sulfonamides is 1. The van der Waals surface area contributed by atoms with Crippen molar-refractivity contribution in [1.29, 1.82) is 0 Å². The molecule has 0 atom stereocenters. The molecular weight excluding hydrogens is 276 g/mol. The molecule has 0 aliphatic carbocycles. The van der Waals surface area contributed by atoms with Crippen molar-refractivity contribution in [2.75, 3.05) is 27.2 Å². The molecule has 0 saturated heterocycles. The van der Waals surface area contributed by atoms with E-state index in [0.29, 0.717) is 23.7 Å². The molecule has 1 aromatic rings. The van der Waals surface area contributed by atoms with E-state index in [4.69, 9.17) is 4.74 Å². The fourth-order valence-corrected chi connectivity index (χ4v) is 3.03. The van der Waals surface area contributed by atoms with Gasteiger partial charge in [0, 0.05) is 25.7 Å². The highest BCUT2D eigenvalue weighted by Gasteiger charge is 2.20. The fraction of sp³-hybridized carbons (Fsp3) is 0.571. The first kappa shape index (κ1) is 16.9. The molecule has 0 heterocycles. The normalized spacial score (nSPS) is 11.8. The maximum absolute atomic E-state index is 12.3. The highest BCUT2D eigenvalue weighted by atomic mass is 32.2. The Labute approximate surface area is 122 Å². The second kappa shape index (κ2) is 7.61. The van der Waals surface area contributed by atoms with Gasteiger partial charge >= 0.3 is 0 Å². The quantitative estimate of drug-likeness (QED) is 0.744. The van der Waals surface area contributed by atoms with Gasteiger partial charge in [-0.1, -0.05) is 13.8 Å². The van der Waals surface area contributed by atoms with E-state index in [0.717, 1.165) is 18.5 Å². The Morgan fingerprint density at radius 1 is 1.30 bits per heavy atom. The van der Waals surface area contributed by atoms with Crippen LogP contribution in [0.2, 0.25) is 0 Å². The lowest BCUT2D eigenvalue weighted by Gasteiger charge is -2.17. The van der Waals surface area contributed by atoms with Crippen molar-refractivity contribution >= 4 is 10.0 Å². The maximum Gasteiger partial charge on any atom is 0.242 e. The van der Waals surface area contributed by atoms with Gasteiger partial charge in [-0.25, -0.2) is 12.7 Å². The van der Waals surface area contributed by atoms with Crippen molar-refractivity contribution in [2.45, 2.75) is 31.7 Å². The summed E-state index contributed by atoms with van der Waals surface area (Å²) in [5.41, 5.74) is 0.853. The Morgan fingerprint density at radius 3 is 2.55 bits per heavy atom. The zero-order chi connectivity index (χ0) is 15.2. The monoisotopic (exact) mass is 300 g/mol. The van der Waals surface area contributed by atoms with Gasteiger partial charge in [0.1, 0.15) is 5.75 Å². The number of nitrogens with one attached hydrogen (secondary N) is 1. The number of hydrogen-bond donors (Lipinski definition) is 1. The van der Waals surface area contributed by atoms with E-state index in [1.807, 2.05) is 6.92 Å². The van der Waals surface area contributed by atoms with Gasteiger partial charge < -0.3 is 10.1 Å². The minimum Gasteiger partial charge on any atom is -0.496 e. The van der Waals surface area contributed by atoms with Gasteiger partial charge in [-0.15, -0.1) is 0 Å². The lowest BCUT2D eigenvalue weighted by atomic mass is 10.2. The highest BCUT2D eigenvalue weighted by Crippen LogP contribution is 2.24. The summed E-state index contributed by atoms with van der Waals surface area (Å²) >= 11 is 0. The molecule has 0 aromatic heterocycles. The molecule has 0 aliphatic heterocycles. The molecule has 0 fully saturated rings. The minimum atomic E-state index is -3.42. The summed E-state index contributed by atoms with van der Waals surface area (Å²) in [5.74, 6) is 0.701. The summed E-state index contributed by atoms with van der Waals surface area (Å²) in [7, 11) is -0.251. The van der Waals surface area contributed by atoms with Gasteiger partial charge in [0.25, 0.3) is 0 Å². The van der Waals surface area contributed by atoms with Crippen LogP contribution in [0.3, 0.4) is 0 Å². The van der Waals surface area contributed by atoms with E-state index in [2.05, 4.69) is 12.2 Å². The number of methoxy groups -OCH3 is 1. The molecule has 1 N–H and O–H groups in total. The molecule has 1 rings (SSSR count). The molecular formula is C14H24N2O3S. The Bertz CT molecular complexity index is 529. The van der Waals surface area contributed by atoms with E-state index in [1.165, 1.54) is 4.31 Å². The van der Waals surface area contributed by atoms with Crippen molar-refractivity contribution in [1.82, 2.24) is 9.62 Å². The Morgan fingerprint density at radius 2 is 2.00 bits per heavy atom. The molecule has 0 spiro atoms.